The molecule has 0 aliphatic rings. The lowest BCUT2D eigenvalue weighted by atomic mass is 9.73. The second-order valence-electron chi connectivity index (χ2n) is 8.43. The van der Waals surface area contributed by atoms with Crippen LogP contribution in [0.15, 0.2) is 23.0 Å². The van der Waals surface area contributed by atoms with Crippen LogP contribution in [0.2, 0.25) is 0 Å². The van der Waals surface area contributed by atoms with Crippen LogP contribution in [0.4, 0.5) is 17.6 Å². The number of aromatic nitrogens is 1. The molecule has 0 amide bonds. The first kappa shape index (κ1) is 24.9. The number of H-pyrrole nitrogens is 1. The summed E-state index contributed by atoms with van der Waals surface area (Å²) in [5.41, 5.74) is -4.75. The van der Waals surface area contributed by atoms with Crippen molar-refractivity contribution in [3.63, 3.8) is 0 Å². The first-order valence-electron chi connectivity index (χ1n) is 9.62. The third-order valence-corrected chi connectivity index (χ3v) is 5.67. The lowest BCUT2D eigenvalue weighted by Gasteiger charge is -2.38. The van der Waals surface area contributed by atoms with E-state index >= 15 is 0 Å². The number of methoxy groups -OCH3 is 1. The Morgan fingerprint density at radius 2 is 1.68 bits per heavy atom. The molecule has 2 rings (SSSR count). The highest BCUT2D eigenvalue weighted by Crippen LogP contribution is 2.45. The van der Waals surface area contributed by atoms with E-state index in [1.54, 1.807) is 0 Å². The standard InChI is InChI=1S/C22H27F4NO4/c1-12-16(27-17(10-28)13(2)19(12)29)9-21(30,22(24,25)26)11-20(3,4)15-8-14(23)6-7-18(15)31-5/h6-8,28,30H,9-11H2,1-5H3,(H,27,29). The number of rotatable bonds is 7. The number of alkyl halides is 3. The number of pyridine rings is 1. The van der Waals surface area contributed by atoms with Crippen LogP contribution in [-0.2, 0) is 18.4 Å². The summed E-state index contributed by atoms with van der Waals surface area (Å²) in [6, 6.07) is 3.53. The van der Waals surface area contributed by atoms with Gasteiger partial charge in [0.05, 0.1) is 13.7 Å². The van der Waals surface area contributed by atoms with E-state index in [0.29, 0.717) is 0 Å². The zero-order valence-corrected chi connectivity index (χ0v) is 18.1. The highest BCUT2D eigenvalue weighted by molar-refractivity contribution is 5.40. The van der Waals surface area contributed by atoms with Crippen LogP contribution in [0, 0.1) is 19.7 Å². The zero-order chi connectivity index (χ0) is 23.8. The molecule has 0 saturated carbocycles. The van der Waals surface area contributed by atoms with E-state index in [-0.39, 0.29) is 33.8 Å². The fourth-order valence-corrected chi connectivity index (χ4v) is 3.85. The molecule has 0 saturated heterocycles. The predicted molar refractivity (Wildman–Crippen MR) is 108 cm³/mol. The number of benzene rings is 1. The molecular weight excluding hydrogens is 418 g/mol. The molecule has 0 bridgehead atoms. The number of hydrogen-bond acceptors (Lipinski definition) is 4. The smallest absolute Gasteiger partial charge is 0.417 e. The van der Waals surface area contributed by atoms with Crippen LogP contribution >= 0.6 is 0 Å². The largest absolute Gasteiger partial charge is 0.496 e. The molecule has 2 aromatic rings. The minimum Gasteiger partial charge on any atom is -0.496 e. The van der Waals surface area contributed by atoms with Gasteiger partial charge < -0.3 is 19.9 Å². The molecule has 0 radical (unpaired) electrons. The van der Waals surface area contributed by atoms with E-state index in [9.17, 15) is 32.6 Å². The van der Waals surface area contributed by atoms with Gasteiger partial charge in [0.1, 0.15) is 11.6 Å². The quantitative estimate of drug-likeness (QED) is 0.566. The van der Waals surface area contributed by atoms with Gasteiger partial charge in [0.25, 0.3) is 0 Å². The van der Waals surface area contributed by atoms with Gasteiger partial charge in [-0.15, -0.1) is 0 Å². The lowest BCUT2D eigenvalue weighted by Crippen LogP contribution is -2.51. The van der Waals surface area contributed by atoms with Gasteiger partial charge in [0, 0.05) is 34.5 Å². The highest BCUT2D eigenvalue weighted by atomic mass is 19.4. The third kappa shape index (κ3) is 4.93. The maximum absolute atomic E-state index is 14.1. The van der Waals surface area contributed by atoms with Crippen LogP contribution < -0.4 is 10.2 Å². The predicted octanol–water partition coefficient (Wildman–Crippen LogP) is 3.84. The molecular formula is C22H27F4NO4. The summed E-state index contributed by atoms with van der Waals surface area (Å²) in [6.07, 6.45) is -6.82. The molecule has 172 valence electrons. The van der Waals surface area contributed by atoms with Crippen molar-refractivity contribution < 1.29 is 32.5 Å². The van der Waals surface area contributed by atoms with E-state index < -0.39 is 47.9 Å². The molecule has 9 heteroatoms. The maximum Gasteiger partial charge on any atom is 0.417 e. The fraction of sp³-hybridized carbons (Fsp3) is 0.500. The monoisotopic (exact) mass is 445 g/mol. The first-order chi connectivity index (χ1) is 14.2. The summed E-state index contributed by atoms with van der Waals surface area (Å²) in [5, 5.41) is 20.3. The molecule has 1 aromatic carbocycles. The van der Waals surface area contributed by atoms with Gasteiger partial charge in [-0.1, -0.05) is 13.8 Å². The number of halogens is 4. The van der Waals surface area contributed by atoms with Gasteiger partial charge >= 0.3 is 6.18 Å². The molecule has 1 aromatic heterocycles. The normalized spacial score (nSPS) is 14.4. The summed E-state index contributed by atoms with van der Waals surface area (Å²) in [7, 11) is 1.32. The van der Waals surface area contributed by atoms with Crippen molar-refractivity contribution in [2.24, 2.45) is 0 Å². The Balaban J connectivity index is 2.58. The van der Waals surface area contributed by atoms with Gasteiger partial charge in [0.2, 0.25) is 0 Å². The summed E-state index contributed by atoms with van der Waals surface area (Å²) in [4.78, 5) is 15.0. The lowest BCUT2D eigenvalue weighted by molar-refractivity contribution is -0.266. The average molecular weight is 445 g/mol. The zero-order valence-electron chi connectivity index (χ0n) is 18.1. The summed E-state index contributed by atoms with van der Waals surface area (Å²) in [5.74, 6) is -0.455. The van der Waals surface area contributed by atoms with E-state index in [1.807, 2.05) is 0 Å². The van der Waals surface area contributed by atoms with Crippen LogP contribution in [0.5, 0.6) is 5.75 Å². The fourth-order valence-electron chi connectivity index (χ4n) is 3.85. The van der Waals surface area contributed by atoms with Crippen molar-refractivity contribution in [2.45, 2.75) is 64.3 Å². The van der Waals surface area contributed by atoms with Crippen molar-refractivity contribution in [1.29, 1.82) is 0 Å². The number of ether oxygens (including phenoxy) is 1. The van der Waals surface area contributed by atoms with E-state index in [4.69, 9.17) is 4.74 Å². The van der Waals surface area contributed by atoms with Gasteiger partial charge in [-0.2, -0.15) is 13.2 Å². The Labute approximate surface area is 177 Å². The van der Waals surface area contributed by atoms with Crippen molar-refractivity contribution in [3.05, 3.63) is 62.3 Å². The Morgan fingerprint density at radius 3 is 2.19 bits per heavy atom. The second-order valence-corrected chi connectivity index (χ2v) is 8.43. The SMILES string of the molecule is COc1ccc(F)cc1C(C)(C)CC(O)(Cc1[nH]c(CO)c(C)c(=O)c1C)C(F)(F)F. The number of aliphatic hydroxyl groups is 2. The molecule has 0 aliphatic carbocycles. The number of hydrogen-bond donors (Lipinski definition) is 3. The van der Waals surface area contributed by atoms with E-state index in [1.165, 1.54) is 40.9 Å². The van der Waals surface area contributed by atoms with Crippen molar-refractivity contribution in [1.82, 2.24) is 4.98 Å². The van der Waals surface area contributed by atoms with Crippen LogP contribution in [-0.4, -0.2) is 34.1 Å². The Morgan fingerprint density at radius 1 is 1.10 bits per heavy atom. The van der Waals surface area contributed by atoms with Crippen LogP contribution in [0.1, 0.15) is 48.3 Å². The average Bonchev–Trinajstić information content (AvgIpc) is 2.67. The summed E-state index contributed by atoms with van der Waals surface area (Å²) >= 11 is 0. The summed E-state index contributed by atoms with van der Waals surface area (Å²) < 4.78 is 61.3. The molecule has 3 N–H and O–H groups in total. The third-order valence-electron chi connectivity index (χ3n) is 5.67. The number of aromatic amines is 1. The van der Waals surface area contributed by atoms with Crippen LogP contribution in [0.3, 0.4) is 0 Å². The van der Waals surface area contributed by atoms with Crippen molar-refractivity contribution in [3.8, 4) is 5.75 Å². The molecule has 5 nitrogen and oxygen atoms in total. The molecule has 1 heterocycles. The van der Waals surface area contributed by atoms with Crippen molar-refractivity contribution in [2.75, 3.05) is 7.11 Å². The molecule has 0 spiro atoms. The number of nitrogens with one attached hydrogen (secondary N) is 1. The van der Waals surface area contributed by atoms with Gasteiger partial charge in [0.15, 0.2) is 11.0 Å². The Kier molecular flexibility index (Phi) is 6.92. The Bertz CT molecular complexity index is 1010. The van der Waals surface area contributed by atoms with E-state index in [2.05, 4.69) is 4.98 Å². The molecule has 1 atom stereocenters. The minimum atomic E-state index is -5.06. The molecule has 0 fully saturated rings. The molecule has 31 heavy (non-hydrogen) atoms. The highest BCUT2D eigenvalue weighted by Gasteiger charge is 2.56. The minimum absolute atomic E-state index is 0.0264. The molecule has 0 aliphatic heterocycles. The summed E-state index contributed by atoms with van der Waals surface area (Å²) in [6.45, 7) is 5.15. The van der Waals surface area contributed by atoms with Gasteiger partial charge in [-0.3, -0.25) is 4.79 Å². The van der Waals surface area contributed by atoms with Gasteiger partial charge in [-0.05, 0) is 43.9 Å². The maximum atomic E-state index is 14.1. The van der Waals surface area contributed by atoms with E-state index in [0.717, 1.165) is 12.1 Å². The van der Waals surface area contributed by atoms with Crippen LogP contribution in [0.25, 0.3) is 0 Å². The van der Waals surface area contributed by atoms with Gasteiger partial charge in [-0.25, -0.2) is 4.39 Å². The second kappa shape index (κ2) is 8.63. The first-order valence-corrected chi connectivity index (χ1v) is 9.62. The van der Waals surface area contributed by atoms with Crippen molar-refractivity contribution >= 4 is 0 Å². The Hall–Kier alpha value is -2.39. The molecule has 1 unspecified atom stereocenters. The topological polar surface area (TPSA) is 82.6 Å². The number of aliphatic hydroxyl groups excluding tert-OH is 1.